The van der Waals surface area contributed by atoms with Crippen LogP contribution in [0.15, 0.2) is 12.2 Å². The van der Waals surface area contributed by atoms with Gasteiger partial charge in [-0.05, 0) is 25.5 Å². The Bertz CT molecular complexity index is 375. The highest BCUT2D eigenvalue weighted by Gasteiger charge is 2.20. The van der Waals surface area contributed by atoms with Gasteiger partial charge in [-0.2, -0.15) is 0 Å². The van der Waals surface area contributed by atoms with Crippen LogP contribution in [0.3, 0.4) is 0 Å². The Morgan fingerprint density at radius 2 is 1.91 bits per heavy atom. The SMILES string of the molecule is CCC/C=C/[C@H](CC(=O)OCC[Si](C)(C)C)OC(=O)[C@H](C)N. The molecule has 0 aromatic rings. The standard InChI is InChI=1S/C16H31NO4Si/c1-6-7-8-9-14(21-16(19)13(2)17)12-15(18)20-10-11-22(3,4)5/h8-9,13-14H,6-7,10-12,17H2,1-5H3/b9-8+/t13-,14+/m0/s1. The topological polar surface area (TPSA) is 78.6 Å². The quantitative estimate of drug-likeness (QED) is 0.379. The van der Waals surface area contributed by atoms with Crippen LogP contribution in [0.4, 0.5) is 0 Å². The minimum atomic E-state index is -1.22. The van der Waals surface area contributed by atoms with E-state index in [9.17, 15) is 9.59 Å². The predicted octanol–water partition coefficient (Wildman–Crippen LogP) is 2.87. The van der Waals surface area contributed by atoms with Gasteiger partial charge < -0.3 is 15.2 Å². The predicted molar refractivity (Wildman–Crippen MR) is 91.3 cm³/mol. The number of nitrogens with two attached hydrogens (primary N) is 1. The largest absolute Gasteiger partial charge is 0.466 e. The van der Waals surface area contributed by atoms with Gasteiger partial charge in [0.05, 0.1) is 13.0 Å². The molecule has 0 aromatic heterocycles. The lowest BCUT2D eigenvalue weighted by Gasteiger charge is -2.17. The first-order chi connectivity index (χ1) is 10.2. The van der Waals surface area contributed by atoms with Crippen molar-refractivity contribution in [1.82, 2.24) is 0 Å². The second-order valence-electron chi connectivity index (χ2n) is 6.72. The molecule has 6 heteroatoms. The minimum Gasteiger partial charge on any atom is -0.466 e. The molecule has 5 nitrogen and oxygen atoms in total. The van der Waals surface area contributed by atoms with E-state index < -0.39 is 26.2 Å². The van der Waals surface area contributed by atoms with Gasteiger partial charge in [0.2, 0.25) is 0 Å². The molecule has 2 N–H and O–H groups in total. The zero-order valence-corrected chi connectivity index (χ0v) is 15.6. The van der Waals surface area contributed by atoms with Crippen LogP contribution < -0.4 is 5.73 Å². The third kappa shape index (κ3) is 11.5. The lowest BCUT2D eigenvalue weighted by molar-refractivity contribution is -0.153. The van der Waals surface area contributed by atoms with Crippen molar-refractivity contribution in [2.75, 3.05) is 6.61 Å². The lowest BCUT2D eigenvalue weighted by Crippen LogP contribution is -2.33. The molecular weight excluding hydrogens is 298 g/mol. The average molecular weight is 330 g/mol. The fraction of sp³-hybridized carbons (Fsp3) is 0.750. The second kappa shape index (κ2) is 10.6. The molecule has 2 atom stereocenters. The molecule has 0 fully saturated rings. The van der Waals surface area contributed by atoms with Crippen LogP contribution in [0.5, 0.6) is 0 Å². The van der Waals surface area contributed by atoms with Crippen molar-refractivity contribution >= 4 is 20.0 Å². The highest BCUT2D eigenvalue weighted by atomic mass is 28.3. The van der Waals surface area contributed by atoms with E-state index in [1.54, 1.807) is 13.0 Å². The number of ether oxygens (including phenoxy) is 2. The number of rotatable bonds is 10. The summed E-state index contributed by atoms with van der Waals surface area (Å²) in [7, 11) is -1.22. The minimum absolute atomic E-state index is 0.0321. The maximum Gasteiger partial charge on any atom is 0.323 e. The first-order valence-electron chi connectivity index (χ1n) is 7.94. The summed E-state index contributed by atoms with van der Waals surface area (Å²) in [5.74, 6) is -0.858. The fourth-order valence-corrected chi connectivity index (χ4v) is 2.23. The van der Waals surface area contributed by atoms with Crippen molar-refractivity contribution in [1.29, 1.82) is 0 Å². The van der Waals surface area contributed by atoms with E-state index in [0.717, 1.165) is 18.9 Å². The Balaban J connectivity index is 4.42. The van der Waals surface area contributed by atoms with E-state index in [-0.39, 0.29) is 12.4 Å². The van der Waals surface area contributed by atoms with E-state index in [1.165, 1.54) is 0 Å². The van der Waals surface area contributed by atoms with Crippen LogP contribution in [0.2, 0.25) is 25.7 Å². The Kier molecular flexibility index (Phi) is 10.0. The number of hydrogen-bond donors (Lipinski definition) is 1. The van der Waals surface area contributed by atoms with Crippen LogP contribution in [0.25, 0.3) is 0 Å². The maximum atomic E-state index is 11.9. The summed E-state index contributed by atoms with van der Waals surface area (Å²) in [5.41, 5.74) is 5.49. The molecule has 0 bridgehead atoms. The molecule has 0 rings (SSSR count). The summed E-state index contributed by atoms with van der Waals surface area (Å²) >= 11 is 0. The molecule has 0 amide bonds. The van der Waals surface area contributed by atoms with Crippen molar-refractivity contribution in [3.05, 3.63) is 12.2 Å². The molecular formula is C16H31NO4Si. The molecule has 0 heterocycles. The average Bonchev–Trinajstić information content (AvgIpc) is 2.36. The summed E-state index contributed by atoms with van der Waals surface area (Å²) in [6, 6.07) is 0.222. The number of hydrogen-bond acceptors (Lipinski definition) is 5. The zero-order chi connectivity index (χ0) is 17.2. The summed E-state index contributed by atoms with van der Waals surface area (Å²) in [6.07, 6.45) is 4.94. The summed E-state index contributed by atoms with van der Waals surface area (Å²) in [4.78, 5) is 23.4. The third-order valence-corrected chi connectivity index (χ3v) is 4.63. The van der Waals surface area contributed by atoms with Crippen LogP contribution in [0, 0.1) is 0 Å². The third-order valence-electron chi connectivity index (χ3n) is 2.93. The van der Waals surface area contributed by atoms with Crippen LogP contribution in [-0.2, 0) is 19.1 Å². The lowest BCUT2D eigenvalue weighted by atomic mass is 10.2. The van der Waals surface area contributed by atoms with E-state index in [2.05, 4.69) is 26.6 Å². The Morgan fingerprint density at radius 1 is 1.27 bits per heavy atom. The first-order valence-corrected chi connectivity index (χ1v) is 11.6. The number of esters is 2. The zero-order valence-electron chi connectivity index (χ0n) is 14.6. The monoisotopic (exact) mass is 329 g/mol. The Morgan fingerprint density at radius 3 is 2.41 bits per heavy atom. The maximum absolute atomic E-state index is 11.9. The van der Waals surface area contributed by atoms with E-state index in [0.29, 0.717) is 6.61 Å². The first kappa shape index (κ1) is 20.9. The molecule has 0 aliphatic heterocycles. The van der Waals surface area contributed by atoms with Crippen LogP contribution in [0.1, 0.15) is 33.1 Å². The second-order valence-corrected chi connectivity index (χ2v) is 12.3. The molecule has 0 aliphatic carbocycles. The number of unbranched alkanes of at least 4 members (excludes halogenated alkanes) is 1. The molecule has 0 unspecified atom stereocenters. The summed E-state index contributed by atoms with van der Waals surface area (Å²) in [5, 5.41) is 0. The summed E-state index contributed by atoms with van der Waals surface area (Å²) < 4.78 is 10.5. The van der Waals surface area contributed by atoms with Crippen molar-refractivity contribution in [2.24, 2.45) is 5.73 Å². The van der Waals surface area contributed by atoms with Gasteiger partial charge in [-0.15, -0.1) is 0 Å². The molecule has 128 valence electrons. The van der Waals surface area contributed by atoms with Gasteiger partial charge in [0, 0.05) is 8.07 Å². The number of allylic oxidation sites excluding steroid dienone is 1. The van der Waals surface area contributed by atoms with Gasteiger partial charge in [0.1, 0.15) is 12.1 Å². The van der Waals surface area contributed by atoms with Gasteiger partial charge in [-0.3, -0.25) is 9.59 Å². The molecule has 0 spiro atoms. The van der Waals surface area contributed by atoms with Crippen LogP contribution >= 0.6 is 0 Å². The van der Waals surface area contributed by atoms with Crippen LogP contribution in [-0.4, -0.2) is 38.8 Å². The van der Waals surface area contributed by atoms with Gasteiger partial charge in [0.15, 0.2) is 0 Å². The summed E-state index contributed by atoms with van der Waals surface area (Å²) in [6.45, 7) is 10.7. The Hall–Kier alpha value is -1.14. The van der Waals surface area contributed by atoms with Gasteiger partial charge in [0.25, 0.3) is 0 Å². The fourth-order valence-electron chi connectivity index (χ4n) is 1.51. The molecule has 0 aliphatic rings. The number of carbonyl (C=O) groups is 2. The molecule has 22 heavy (non-hydrogen) atoms. The normalized spacial score (nSPS) is 14.6. The van der Waals surface area contributed by atoms with Crippen molar-refractivity contribution in [2.45, 2.75) is 70.9 Å². The van der Waals surface area contributed by atoms with Gasteiger partial charge >= 0.3 is 11.9 Å². The molecule has 0 saturated heterocycles. The molecule has 0 radical (unpaired) electrons. The highest BCUT2D eigenvalue weighted by molar-refractivity contribution is 6.76. The van der Waals surface area contributed by atoms with E-state index in [4.69, 9.17) is 15.2 Å². The van der Waals surface area contributed by atoms with E-state index >= 15 is 0 Å². The van der Waals surface area contributed by atoms with Crippen molar-refractivity contribution in [3.8, 4) is 0 Å². The highest BCUT2D eigenvalue weighted by Crippen LogP contribution is 2.10. The molecule has 0 saturated carbocycles. The van der Waals surface area contributed by atoms with E-state index in [1.807, 2.05) is 6.08 Å². The van der Waals surface area contributed by atoms with Gasteiger partial charge in [-0.25, -0.2) is 0 Å². The van der Waals surface area contributed by atoms with Crippen molar-refractivity contribution < 1.29 is 19.1 Å². The Labute approximate surface area is 135 Å². The number of carbonyl (C=O) groups excluding carboxylic acids is 2. The molecule has 0 aromatic carbocycles. The van der Waals surface area contributed by atoms with Gasteiger partial charge in [-0.1, -0.05) is 39.1 Å². The van der Waals surface area contributed by atoms with Crippen molar-refractivity contribution in [3.63, 3.8) is 0 Å². The smallest absolute Gasteiger partial charge is 0.323 e.